The van der Waals surface area contributed by atoms with E-state index in [4.69, 9.17) is 14.2 Å². The van der Waals surface area contributed by atoms with Crippen LogP contribution >= 0.6 is 0 Å². The van der Waals surface area contributed by atoms with Crippen molar-refractivity contribution in [2.45, 2.75) is 56.0 Å². The molecule has 3 aliphatic heterocycles. The largest absolute Gasteiger partial charge is 0.481 e. The Morgan fingerprint density at radius 3 is 2.84 bits per heavy atom. The second-order valence-corrected chi connectivity index (χ2v) is 10.1. The number of carboxylic acid groups (broad SMARTS) is 1. The number of aliphatic hydroxyl groups excluding tert-OH is 2. The lowest BCUT2D eigenvalue weighted by molar-refractivity contribution is -0.143. The number of allylic oxidation sites excluding steroid dienone is 1. The highest BCUT2D eigenvalue weighted by Crippen LogP contribution is 2.44. The Balaban J connectivity index is 1.05. The third-order valence-electron chi connectivity index (χ3n) is 7.78. The van der Waals surface area contributed by atoms with Gasteiger partial charge in [-0.25, -0.2) is 20.2 Å². The summed E-state index contributed by atoms with van der Waals surface area (Å²) in [6.07, 6.45) is 3.14. The summed E-state index contributed by atoms with van der Waals surface area (Å²) in [4.78, 5) is 32.9. The van der Waals surface area contributed by atoms with Crippen LogP contribution in [0.1, 0.15) is 24.8 Å². The lowest BCUT2D eigenvalue weighted by Gasteiger charge is -2.26. The highest BCUT2D eigenvalue weighted by atomic mass is 16.6. The molecule has 1 amide bonds. The summed E-state index contributed by atoms with van der Waals surface area (Å²) >= 11 is 0. The number of fused-ring (bicyclic) bond motifs is 3. The lowest BCUT2D eigenvalue weighted by atomic mass is 9.89. The Morgan fingerprint density at radius 1 is 1.22 bits per heavy atom. The quantitative estimate of drug-likeness (QED) is 0.287. The van der Waals surface area contributed by atoms with Gasteiger partial charge in [-0.1, -0.05) is 12.2 Å². The molecule has 5 N–H and O–H groups in total. The first-order chi connectivity index (χ1) is 17.9. The first-order valence-electron chi connectivity index (χ1n) is 12.5. The molecular weight excluding hydrogens is 488 g/mol. The molecule has 9 atom stereocenters. The lowest BCUT2D eigenvalue weighted by Crippen LogP contribution is -2.46. The van der Waals surface area contributed by atoms with Crippen molar-refractivity contribution in [3.63, 3.8) is 0 Å². The number of hydrazine groups is 1. The van der Waals surface area contributed by atoms with E-state index in [1.54, 1.807) is 10.9 Å². The molecule has 4 heterocycles. The number of alkyl carbamates (subject to hydrolysis) is 1. The van der Waals surface area contributed by atoms with Gasteiger partial charge in [-0.05, 0) is 24.7 Å². The van der Waals surface area contributed by atoms with Gasteiger partial charge >= 0.3 is 12.1 Å². The highest BCUT2D eigenvalue weighted by molar-refractivity contribution is 5.75. The molecule has 1 aromatic rings. The molecule has 2 aliphatic carbocycles. The molecule has 2 unspecified atom stereocenters. The third-order valence-corrected chi connectivity index (χ3v) is 7.78. The number of carbonyl (C=O) groups is 2. The number of nitrogens with one attached hydrogen (secondary N) is 2. The Labute approximate surface area is 211 Å². The number of aliphatic carboxylic acids is 1. The van der Waals surface area contributed by atoms with E-state index in [0.29, 0.717) is 31.1 Å². The van der Waals surface area contributed by atoms with Gasteiger partial charge in [0.15, 0.2) is 12.0 Å². The maximum Gasteiger partial charge on any atom is 0.407 e. The van der Waals surface area contributed by atoms with Gasteiger partial charge in [0.2, 0.25) is 0 Å². The number of aliphatic hydroxyl groups is 2. The minimum Gasteiger partial charge on any atom is -0.481 e. The van der Waals surface area contributed by atoms with E-state index in [0.717, 1.165) is 13.0 Å². The van der Waals surface area contributed by atoms with Gasteiger partial charge in [-0.15, -0.1) is 0 Å². The van der Waals surface area contributed by atoms with Gasteiger partial charge in [0.25, 0.3) is 0 Å². The van der Waals surface area contributed by atoms with E-state index in [-0.39, 0.29) is 24.5 Å². The Kier molecular flexibility index (Phi) is 6.36. The Morgan fingerprint density at radius 2 is 2.05 bits per heavy atom. The number of aromatic nitrogens is 2. The van der Waals surface area contributed by atoms with Gasteiger partial charge < -0.3 is 34.8 Å². The van der Waals surface area contributed by atoms with E-state index in [2.05, 4.69) is 20.7 Å². The van der Waals surface area contributed by atoms with Crippen LogP contribution < -0.4 is 10.7 Å². The molecule has 200 valence electrons. The number of amides is 1. The predicted octanol–water partition coefficient (Wildman–Crippen LogP) is -0.727. The van der Waals surface area contributed by atoms with Gasteiger partial charge in [-0.3, -0.25) is 14.4 Å². The smallest absolute Gasteiger partial charge is 0.407 e. The van der Waals surface area contributed by atoms with Crippen molar-refractivity contribution in [2.75, 3.05) is 19.8 Å². The van der Waals surface area contributed by atoms with Crippen LogP contribution in [-0.4, -0.2) is 98.5 Å². The van der Waals surface area contributed by atoms with Crippen molar-refractivity contribution in [1.29, 1.82) is 0 Å². The fourth-order valence-corrected chi connectivity index (χ4v) is 5.90. The average Bonchev–Trinajstić information content (AvgIpc) is 3.69. The fourth-order valence-electron chi connectivity index (χ4n) is 5.90. The molecule has 3 fully saturated rings. The topological polar surface area (TPSA) is 180 Å². The summed E-state index contributed by atoms with van der Waals surface area (Å²) in [7, 11) is 0. The zero-order valence-corrected chi connectivity index (χ0v) is 19.9. The summed E-state index contributed by atoms with van der Waals surface area (Å²) in [6.45, 7) is 1.48. The minimum absolute atomic E-state index is 0.0521. The minimum atomic E-state index is -1.32. The number of imidazole rings is 1. The molecule has 5 aliphatic rings. The Hall–Kier alpha value is -3.04. The zero-order valence-electron chi connectivity index (χ0n) is 19.9. The van der Waals surface area contributed by atoms with Crippen molar-refractivity contribution in [3.8, 4) is 0 Å². The second kappa shape index (κ2) is 9.68. The summed E-state index contributed by atoms with van der Waals surface area (Å²) in [6, 6.07) is -0.350. The summed E-state index contributed by atoms with van der Waals surface area (Å²) in [5, 5.41) is 35.2. The summed E-state index contributed by atoms with van der Waals surface area (Å²) in [5.41, 5.74) is 4.00. The molecule has 1 aromatic heterocycles. The van der Waals surface area contributed by atoms with Crippen molar-refractivity contribution in [2.24, 2.45) is 22.7 Å². The number of nitrogens with zero attached hydrogens (tertiary/aromatic N) is 4. The molecule has 14 nitrogen and oxygen atoms in total. The zero-order chi connectivity index (χ0) is 25.7. The summed E-state index contributed by atoms with van der Waals surface area (Å²) in [5.74, 6) is -1.32. The van der Waals surface area contributed by atoms with Crippen molar-refractivity contribution in [3.05, 3.63) is 24.2 Å². The molecular formula is C23H30N6O8. The highest BCUT2D eigenvalue weighted by Gasteiger charge is 2.50. The molecule has 14 heteroatoms. The van der Waals surface area contributed by atoms with Gasteiger partial charge in [0, 0.05) is 6.61 Å². The van der Waals surface area contributed by atoms with Crippen LogP contribution in [0.3, 0.4) is 0 Å². The molecule has 37 heavy (non-hydrogen) atoms. The van der Waals surface area contributed by atoms with Crippen molar-refractivity contribution in [1.82, 2.24) is 25.3 Å². The SMILES string of the molecule is O=C(N[C@@H]1C2C=CC(C2)[C@@H]1C(=O)O)OC[C@H]1O[C@@H](n2cnc3c2N=CN(N[C@@H]2CCOC2)C3)[C@H](O)[C@@H]1O. The number of rotatable bonds is 7. The van der Waals surface area contributed by atoms with E-state index in [9.17, 15) is 24.9 Å². The van der Waals surface area contributed by atoms with Gasteiger partial charge in [0.05, 0.1) is 37.5 Å². The molecule has 1 saturated carbocycles. The van der Waals surface area contributed by atoms with E-state index in [1.807, 2.05) is 17.2 Å². The van der Waals surface area contributed by atoms with Crippen LogP contribution in [0, 0.1) is 17.8 Å². The second-order valence-electron chi connectivity index (χ2n) is 10.1. The first-order valence-corrected chi connectivity index (χ1v) is 12.5. The third kappa shape index (κ3) is 4.48. The molecule has 0 radical (unpaired) electrons. The molecule has 2 saturated heterocycles. The van der Waals surface area contributed by atoms with Crippen LogP contribution in [0.4, 0.5) is 10.6 Å². The predicted molar refractivity (Wildman–Crippen MR) is 124 cm³/mol. The van der Waals surface area contributed by atoms with E-state index in [1.165, 1.54) is 6.33 Å². The van der Waals surface area contributed by atoms with Crippen LogP contribution in [0.15, 0.2) is 23.5 Å². The monoisotopic (exact) mass is 518 g/mol. The van der Waals surface area contributed by atoms with E-state index < -0.39 is 48.6 Å². The Bertz CT molecular complexity index is 1100. The molecule has 2 bridgehead atoms. The van der Waals surface area contributed by atoms with Crippen molar-refractivity contribution >= 4 is 24.2 Å². The maximum absolute atomic E-state index is 12.4. The first kappa shape index (κ1) is 24.3. The number of ether oxygens (including phenoxy) is 3. The normalized spacial score (nSPS) is 37.8. The summed E-state index contributed by atoms with van der Waals surface area (Å²) < 4.78 is 18.0. The number of hydrogen-bond donors (Lipinski definition) is 5. The molecule has 0 aromatic carbocycles. The molecule has 0 spiro atoms. The fraction of sp³-hybridized carbons (Fsp3) is 0.652. The van der Waals surface area contributed by atoms with Crippen molar-refractivity contribution < 1.29 is 39.1 Å². The van der Waals surface area contributed by atoms with Crippen LogP contribution in [0.25, 0.3) is 0 Å². The van der Waals surface area contributed by atoms with Crippen LogP contribution in [0.2, 0.25) is 0 Å². The van der Waals surface area contributed by atoms with Gasteiger partial charge in [-0.2, -0.15) is 0 Å². The van der Waals surface area contributed by atoms with Crippen LogP contribution in [0.5, 0.6) is 0 Å². The number of carboxylic acids is 1. The maximum atomic E-state index is 12.4. The molecule has 6 rings (SSSR count). The number of aliphatic imine (C=N–C) groups is 1. The van der Waals surface area contributed by atoms with Gasteiger partial charge in [0.1, 0.15) is 37.0 Å². The number of carbonyl (C=O) groups excluding carboxylic acids is 1. The standard InChI is InChI=1S/C23H30N6O8/c30-18-15(8-36-23(34)26-17-12-2-1-11(5-12)16(17)22(32)33)37-21(19(18)31)29-10-24-14-6-28(9-25-20(14)29)27-13-3-4-35-7-13/h1-2,9-13,15-19,21,27,30-31H,3-8H2,(H,26,34)(H,32,33)/t11?,12?,13-,15-,16+,17-,18-,19-,21-/m1/s1. The number of hydrogen-bond acceptors (Lipinski definition) is 11. The van der Waals surface area contributed by atoms with Crippen LogP contribution in [-0.2, 0) is 25.5 Å². The van der Waals surface area contributed by atoms with E-state index >= 15 is 0 Å². The average molecular weight is 519 g/mol.